The van der Waals surface area contributed by atoms with Crippen molar-refractivity contribution in [1.29, 1.82) is 0 Å². The zero-order valence-electron chi connectivity index (χ0n) is 14.2. The van der Waals surface area contributed by atoms with Crippen molar-refractivity contribution < 1.29 is 28.6 Å². The molecule has 1 aromatic carbocycles. The highest BCUT2D eigenvalue weighted by molar-refractivity contribution is 5.92. The molecular weight excluding hydrogens is 312 g/mol. The van der Waals surface area contributed by atoms with Crippen LogP contribution in [0.4, 0.5) is 0 Å². The summed E-state index contributed by atoms with van der Waals surface area (Å²) in [5.41, 5.74) is 0.855. The van der Waals surface area contributed by atoms with Gasteiger partial charge in [0.05, 0.1) is 13.5 Å². The minimum Gasteiger partial charge on any atom is -0.497 e. The number of benzene rings is 1. The summed E-state index contributed by atoms with van der Waals surface area (Å²) in [6, 6.07) is 6.82. The second-order valence-corrected chi connectivity index (χ2v) is 5.28. The smallest absolute Gasteiger partial charge is 0.355 e. The van der Waals surface area contributed by atoms with Crippen molar-refractivity contribution in [2.45, 2.75) is 39.2 Å². The molecule has 1 rings (SSSR count). The number of hydrogen-bond acceptors (Lipinski definition) is 6. The Morgan fingerprint density at radius 1 is 1.17 bits per heavy atom. The van der Waals surface area contributed by atoms with E-state index in [0.29, 0.717) is 17.7 Å². The van der Waals surface area contributed by atoms with E-state index >= 15 is 0 Å². The molecule has 0 heterocycles. The standard InChI is InChI=1S/C18H22O6/c1-5-6-15(23-17(20)12(2)3)18(21)24-16(19)11-13-7-9-14(22-4)10-8-13/h7-10,15H,2,5-6,11H2,1,3-4H3. The first-order valence-electron chi connectivity index (χ1n) is 7.61. The summed E-state index contributed by atoms with van der Waals surface area (Å²) in [7, 11) is 1.54. The molecule has 6 nitrogen and oxygen atoms in total. The maximum Gasteiger partial charge on any atom is 0.355 e. The Morgan fingerprint density at radius 2 is 1.79 bits per heavy atom. The molecule has 0 fully saturated rings. The molecule has 0 aliphatic rings. The number of hydrogen-bond donors (Lipinski definition) is 0. The number of carbonyl (C=O) groups is 3. The van der Waals surface area contributed by atoms with Crippen LogP contribution in [0.3, 0.4) is 0 Å². The van der Waals surface area contributed by atoms with Crippen LogP contribution in [-0.2, 0) is 30.3 Å². The van der Waals surface area contributed by atoms with Crippen LogP contribution < -0.4 is 4.74 Å². The van der Waals surface area contributed by atoms with E-state index in [1.165, 1.54) is 6.92 Å². The maximum absolute atomic E-state index is 12.0. The van der Waals surface area contributed by atoms with Gasteiger partial charge in [0.2, 0.25) is 0 Å². The van der Waals surface area contributed by atoms with Gasteiger partial charge in [-0.15, -0.1) is 0 Å². The van der Waals surface area contributed by atoms with Gasteiger partial charge < -0.3 is 14.2 Å². The van der Waals surface area contributed by atoms with E-state index in [4.69, 9.17) is 14.2 Å². The molecule has 24 heavy (non-hydrogen) atoms. The van der Waals surface area contributed by atoms with Crippen LogP contribution in [0.5, 0.6) is 5.75 Å². The number of esters is 3. The monoisotopic (exact) mass is 334 g/mol. The molecule has 0 bridgehead atoms. The largest absolute Gasteiger partial charge is 0.497 e. The number of rotatable bonds is 8. The lowest BCUT2D eigenvalue weighted by Gasteiger charge is -2.15. The quantitative estimate of drug-likeness (QED) is 0.413. The third kappa shape index (κ3) is 6.24. The van der Waals surface area contributed by atoms with Gasteiger partial charge in [0.25, 0.3) is 0 Å². The molecule has 1 atom stereocenters. The van der Waals surface area contributed by atoms with Gasteiger partial charge in [0.1, 0.15) is 5.75 Å². The topological polar surface area (TPSA) is 78.9 Å². The summed E-state index contributed by atoms with van der Waals surface area (Å²) in [5.74, 6) is -1.60. The maximum atomic E-state index is 12.0. The first-order valence-corrected chi connectivity index (χ1v) is 7.61. The fourth-order valence-electron chi connectivity index (χ4n) is 1.84. The van der Waals surface area contributed by atoms with Gasteiger partial charge >= 0.3 is 17.9 Å². The van der Waals surface area contributed by atoms with Gasteiger partial charge in [-0.05, 0) is 31.0 Å². The van der Waals surface area contributed by atoms with E-state index in [-0.39, 0.29) is 18.4 Å². The number of ether oxygens (including phenoxy) is 3. The Kier molecular flexibility index (Phi) is 7.68. The molecule has 0 spiro atoms. The van der Waals surface area contributed by atoms with Gasteiger partial charge in [-0.25, -0.2) is 9.59 Å². The Hall–Kier alpha value is -2.63. The first-order chi connectivity index (χ1) is 11.4. The lowest BCUT2D eigenvalue weighted by atomic mass is 10.1. The Balaban J connectivity index is 2.62. The summed E-state index contributed by atoms with van der Waals surface area (Å²) in [6.45, 7) is 6.76. The van der Waals surface area contributed by atoms with Crippen molar-refractivity contribution in [2.24, 2.45) is 0 Å². The third-order valence-electron chi connectivity index (χ3n) is 3.13. The lowest BCUT2D eigenvalue weighted by molar-refractivity contribution is -0.172. The molecule has 130 valence electrons. The van der Waals surface area contributed by atoms with E-state index in [1.54, 1.807) is 31.4 Å². The highest BCUT2D eigenvalue weighted by Crippen LogP contribution is 2.13. The molecule has 0 radical (unpaired) electrons. The summed E-state index contributed by atoms with van der Waals surface area (Å²) in [6.07, 6.45) is -0.314. The van der Waals surface area contributed by atoms with E-state index in [9.17, 15) is 14.4 Å². The fraction of sp³-hybridized carbons (Fsp3) is 0.389. The molecule has 0 aliphatic carbocycles. The third-order valence-corrected chi connectivity index (χ3v) is 3.13. The summed E-state index contributed by atoms with van der Waals surface area (Å²) < 4.78 is 14.8. The predicted octanol–water partition coefficient (Wildman–Crippen LogP) is 2.60. The van der Waals surface area contributed by atoms with Crippen LogP contribution in [0.1, 0.15) is 32.3 Å². The van der Waals surface area contributed by atoms with Crippen LogP contribution in [0.15, 0.2) is 36.4 Å². The normalized spacial score (nSPS) is 11.3. The molecule has 6 heteroatoms. The summed E-state index contributed by atoms with van der Waals surface area (Å²) >= 11 is 0. The van der Waals surface area contributed by atoms with Crippen LogP contribution in [0, 0.1) is 0 Å². The minimum absolute atomic E-state index is 0.0665. The van der Waals surface area contributed by atoms with Crippen molar-refractivity contribution in [2.75, 3.05) is 7.11 Å². The van der Waals surface area contributed by atoms with Gasteiger partial charge in [-0.2, -0.15) is 0 Å². The van der Waals surface area contributed by atoms with E-state index in [0.717, 1.165) is 0 Å². The van der Waals surface area contributed by atoms with E-state index < -0.39 is 24.0 Å². The second-order valence-electron chi connectivity index (χ2n) is 5.28. The van der Waals surface area contributed by atoms with Crippen LogP contribution in [0.2, 0.25) is 0 Å². The number of methoxy groups -OCH3 is 1. The number of carbonyl (C=O) groups excluding carboxylic acids is 3. The molecule has 0 saturated heterocycles. The second kappa shape index (κ2) is 9.50. The average molecular weight is 334 g/mol. The first kappa shape index (κ1) is 19.4. The van der Waals surface area contributed by atoms with E-state index in [1.807, 2.05) is 6.92 Å². The van der Waals surface area contributed by atoms with Crippen molar-refractivity contribution in [3.63, 3.8) is 0 Å². The zero-order valence-corrected chi connectivity index (χ0v) is 14.2. The fourth-order valence-corrected chi connectivity index (χ4v) is 1.84. The molecule has 1 aromatic rings. The van der Waals surface area contributed by atoms with Crippen LogP contribution >= 0.6 is 0 Å². The van der Waals surface area contributed by atoms with Crippen molar-refractivity contribution in [3.05, 3.63) is 42.0 Å². The van der Waals surface area contributed by atoms with Crippen LogP contribution in [-0.4, -0.2) is 31.1 Å². The molecule has 0 saturated carbocycles. The summed E-state index contributed by atoms with van der Waals surface area (Å²) in [5, 5.41) is 0. The van der Waals surface area contributed by atoms with Gasteiger partial charge in [-0.1, -0.05) is 32.1 Å². The molecule has 1 unspecified atom stereocenters. The van der Waals surface area contributed by atoms with Gasteiger partial charge in [0.15, 0.2) is 6.10 Å². The van der Waals surface area contributed by atoms with Crippen molar-refractivity contribution >= 4 is 17.9 Å². The highest BCUT2D eigenvalue weighted by Gasteiger charge is 2.26. The Bertz CT molecular complexity index is 602. The van der Waals surface area contributed by atoms with Gasteiger partial charge in [-0.3, -0.25) is 4.79 Å². The lowest BCUT2D eigenvalue weighted by Crippen LogP contribution is -2.31. The average Bonchev–Trinajstić information content (AvgIpc) is 2.54. The van der Waals surface area contributed by atoms with E-state index in [2.05, 4.69) is 6.58 Å². The zero-order chi connectivity index (χ0) is 18.1. The van der Waals surface area contributed by atoms with Gasteiger partial charge in [0, 0.05) is 5.57 Å². The Labute approximate surface area is 141 Å². The molecule has 0 amide bonds. The van der Waals surface area contributed by atoms with Crippen molar-refractivity contribution in [3.8, 4) is 5.75 Å². The predicted molar refractivity (Wildman–Crippen MR) is 87.4 cm³/mol. The highest BCUT2D eigenvalue weighted by atomic mass is 16.6. The van der Waals surface area contributed by atoms with Crippen LogP contribution in [0.25, 0.3) is 0 Å². The molecular formula is C18H22O6. The van der Waals surface area contributed by atoms with Crippen molar-refractivity contribution in [1.82, 2.24) is 0 Å². The molecule has 0 N–H and O–H groups in total. The molecule has 0 aromatic heterocycles. The Morgan fingerprint density at radius 3 is 2.29 bits per heavy atom. The SMILES string of the molecule is C=C(C)C(=O)OC(CCC)C(=O)OC(=O)Cc1ccc(OC)cc1. The minimum atomic E-state index is -1.11. The summed E-state index contributed by atoms with van der Waals surface area (Å²) in [4.78, 5) is 35.4. The molecule has 0 aliphatic heterocycles.